The second-order valence-electron chi connectivity index (χ2n) is 4.72. The lowest BCUT2D eigenvalue weighted by atomic mass is 10.1. The smallest absolute Gasteiger partial charge is 0.262 e. The molecule has 0 spiro atoms. The summed E-state index contributed by atoms with van der Waals surface area (Å²) in [5.41, 5.74) is 2.67. The Morgan fingerprint density at radius 3 is 2.90 bits per heavy atom. The van der Waals surface area contributed by atoms with Crippen LogP contribution in [-0.2, 0) is 29.7 Å². The molecule has 0 bridgehead atoms. The number of benzene rings is 1. The van der Waals surface area contributed by atoms with Gasteiger partial charge in [0, 0.05) is 25.8 Å². The zero-order chi connectivity index (χ0) is 14.2. The zero-order valence-corrected chi connectivity index (χ0v) is 11.9. The summed E-state index contributed by atoms with van der Waals surface area (Å²) in [6.07, 6.45) is 3.18. The number of hydrogen-bond acceptors (Lipinski definition) is 4. The highest BCUT2D eigenvalue weighted by Crippen LogP contribution is 2.21. The number of sulfonamides is 1. The summed E-state index contributed by atoms with van der Waals surface area (Å²) in [5, 5.41) is 7.25. The lowest BCUT2D eigenvalue weighted by Crippen LogP contribution is -2.13. The van der Waals surface area contributed by atoms with E-state index in [0.29, 0.717) is 18.8 Å². The second-order valence-corrected chi connectivity index (χ2v) is 6.41. The summed E-state index contributed by atoms with van der Waals surface area (Å²) in [7, 11) is -3.56. The van der Waals surface area contributed by atoms with E-state index in [1.807, 2.05) is 13.0 Å². The molecule has 0 saturated carbocycles. The molecule has 0 amide bonds. The molecule has 0 aliphatic carbocycles. The Balaban J connectivity index is 1.88. The molecule has 0 saturated heterocycles. The highest BCUT2D eigenvalue weighted by atomic mass is 32.2. The Hall–Kier alpha value is -1.86. The zero-order valence-electron chi connectivity index (χ0n) is 11.1. The lowest BCUT2D eigenvalue weighted by Gasteiger charge is -2.07. The van der Waals surface area contributed by atoms with E-state index in [2.05, 4.69) is 15.1 Å². The van der Waals surface area contributed by atoms with Gasteiger partial charge < -0.3 is 5.32 Å². The molecule has 0 atom stereocenters. The predicted octanol–water partition coefficient (Wildman–Crippen LogP) is 1.31. The average molecular weight is 292 g/mol. The van der Waals surface area contributed by atoms with Gasteiger partial charge in [-0.2, -0.15) is 5.10 Å². The quantitative estimate of drug-likeness (QED) is 0.891. The minimum absolute atomic E-state index is 0.282. The molecule has 6 nitrogen and oxygen atoms in total. The topological polar surface area (TPSA) is 76.0 Å². The molecule has 1 aliphatic rings. The van der Waals surface area contributed by atoms with Crippen molar-refractivity contribution in [1.29, 1.82) is 0 Å². The third-order valence-corrected chi connectivity index (χ3v) is 4.71. The second kappa shape index (κ2) is 4.92. The van der Waals surface area contributed by atoms with E-state index >= 15 is 0 Å². The molecule has 20 heavy (non-hydrogen) atoms. The van der Waals surface area contributed by atoms with Gasteiger partial charge in [0.05, 0.1) is 16.8 Å². The maximum absolute atomic E-state index is 12.3. The summed E-state index contributed by atoms with van der Waals surface area (Å²) in [5.74, 6) is 0. The van der Waals surface area contributed by atoms with Gasteiger partial charge in [0.25, 0.3) is 10.0 Å². The molecule has 1 aromatic heterocycles. The summed E-state index contributed by atoms with van der Waals surface area (Å²) < 4.78 is 28.9. The van der Waals surface area contributed by atoms with Gasteiger partial charge in [0.15, 0.2) is 0 Å². The van der Waals surface area contributed by atoms with Crippen molar-refractivity contribution >= 4 is 15.7 Å². The van der Waals surface area contributed by atoms with Gasteiger partial charge in [-0.15, -0.1) is 0 Å². The first-order valence-corrected chi connectivity index (χ1v) is 7.94. The number of anilines is 1. The van der Waals surface area contributed by atoms with Crippen LogP contribution in [0.2, 0.25) is 0 Å². The molecule has 0 radical (unpaired) electrons. The maximum atomic E-state index is 12.3. The van der Waals surface area contributed by atoms with Crippen molar-refractivity contribution < 1.29 is 8.42 Å². The van der Waals surface area contributed by atoms with Crippen molar-refractivity contribution in [2.45, 2.75) is 31.5 Å². The van der Waals surface area contributed by atoms with Crippen molar-refractivity contribution in [3.05, 3.63) is 41.7 Å². The van der Waals surface area contributed by atoms with Crippen molar-refractivity contribution in [1.82, 2.24) is 15.1 Å². The number of rotatable bonds is 4. The fourth-order valence-corrected chi connectivity index (χ4v) is 3.32. The minimum Gasteiger partial charge on any atom is -0.309 e. The van der Waals surface area contributed by atoms with Crippen LogP contribution in [-0.4, -0.2) is 18.2 Å². The van der Waals surface area contributed by atoms with Crippen LogP contribution in [0.4, 0.5) is 5.69 Å². The van der Waals surface area contributed by atoms with Gasteiger partial charge in [0.1, 0.15) is 0 Å². The van der Waals surface area contributed by atoms with Crippen LogP contribution < -0.4 is 10.0 Å². The Bertz CT molecular complexity index is 737. The number of fused-ring (bicyclic) bond motifs is 1. The summed E-state index contributed by atoms with van der Waals surface area (Å²) >= 11 is 0. The van der Waals surface area contributed by atoms with Gasteiger partial charge >= 0.3 is 0 Å². The number of aryl methyl sites for hydroxylation is 1. The molecule has 0 unspecified atom stereocenters. The van der Waals surface area contributed by atoms with E-state index < -0.39 is 10.0 Å². The molecule has 3 rings (SSSR count). The molecular weight excluding hydrogens is 276 g/mol. The first-order chi connectivity index (χ1) is 9.58. The van der Waals surface area contributed by atoms with Crippen molar-refractivity contribution in [2.75, 3.05) is 4.72 Å². The van der Waals surface area contributed by atoms with E-state index in [-0.39, 0.29) is 4.90 Å². The Morgan fingerprint density at radius 2 is 2.15 bits per heavy atom. The van der Waals surface area contributed by atoms with E-state index in [1.165, 1.54) is 6.20 Å². The fourth-order valence-electron chi connectivity index (χ4n) is 2.24. The average Bonchev–Trinajstić information content (AvgIpc) is 3.05. The highest BCUT2D eigenvalue weighted by Gasteiger charge is 2.18. The maximum Gasteiger partial charge on any atom is 0.262 e. The minimum atomic E-state index is -3.56. The summed E-state index contributed by atoms with van der Waals surface area (Å²) in [6, 6.07) is 5.22. The van der Waals surface area contributed by atoms with Gasteiger partial charge in [0.2, 0.25) is 0 Å². The molecule has 1 aromatic carbocycles. The van der Waals surface area contributed by atoms with Crippen LogP contribution in [0.5, 0.6) is 0 Å². The molecule has 2 aromatic rings. The monoisotopic (exact) mass is 292 g/mol. The standard InChI is InChI=1S/C13H16N4O2S/c1-2-17-9-12(8-15-17)16-20(18,19)13-4-3-10-6-14-7-11(10)5-13/h3-5,8-9,14,16H,2,6-7H2,1H3. The molecule has 1 aliphatic heterocycles. The lowest BCUT2D eigenvalue weighted by molar-refractivity contribution is 0.601. The van der Waals surface area contributed by atoms with Crippen molar-refractivity contribution in [2.24, 2.45) is 0 Å². The fraction of sp³-hybridized carbons (Fsp3) is 0.308. The number of nitrogens with zero attached hydrogens (tertiary/aromatic N) is 2. The van der Waals surface area contributed by atoms with E-state index in [9.17, 15) is 8.42 Å². The first kappa shape index (κ1) is 13.1. The van der Waals surface area contributed by atoms with Crippen LogP contribution >= 0.6 is 0 Å². The number of aromatic nitrogens is 2. The van der Waals surface area contributed by atoms with Crippen LogP contribution in [0.25, 0.3) is 0 Å². The highest BCUT2D eigenvalue weighted by molar-refractivity contribution is 7.92. The van der Waals surface area contributed by atoms with Gasteiger partial charge in [-0.1, -0.05) is 6.07 Å². The van der Waals surface area contributed by atoms with Gasteiger partial charge in [-0.25, -0.2) is 8.42 Å². The Kier molecular flexibility index (Phi) is 3.23. The summed E-state index contributed by atoms with van der Waals surface area (Å²) in [6.45, 7) is 4.16. The van der Waals surface area contributed by atoms with Crippen molar-refractivity contribution in [3.8, 4) is 0 Å². The molecule has 0 fully saturated rings. The Morgan fingerprint density at radius 1 is 1.35 bits per heavy atom. The third kappa shape index (κ3) is 2.41. The van der Waals surface area contributed by atoms with Gasteiger partial charge in [-0.3, -0.25) is 9.40 Å². The normalized spacial score (nSPS) is 14.2. The first-order valence-electron chi connectivity index (χ1n) is 6.46. The SMILES string of the molecule is CCn1cc(NS(=O)(=O)c2ccc3c(c2)CNC3)cn1. The largest absolute Gasteiger partial charge is 0.309 e. The molecule has 2 heterocycles. The van der Waals surface area contributed by atoms with Crippen LogP contribution in [0.1, 0.15) is 18.1 Å². The molecule has 7 heteroatoms. The number of nitrogens with one attached hydrogen (secondary N) is 2. The van der Waals surface area contributed by atoms with Crippen LogP contribution in [0.15, 0.2) is 35.5 Å². The van der Waals surface area contributed by atoms with E-state index in [4.69, 9.17) is 0 Å². The molecule has 106 valence electrons. The molecular formula is C13H16N4O2S. The van der Waals surface area contributed by atoms with Gasteiger partial charge in [-0.05, 0) is 30.2 Å². The van der Waals surface area contributed by atoms with E-state index in [0.717, 1.165) is 17.7 Å². The van der Waals surface area contributed by atoms with Crippen molar-refractivity contribution in [3.63, 3.8) is 0 Å². The van der Waals surface area contributed by atoms with E-state index in [1.54, 1.807) is 23.0 Å². The summed E-state index contributed by atoms with van der Waals surface area (Å²) in [4.78, 5) is 0.282. The van der Waals surface area contributed by atoms with Crippen LogP contribution in [0, 0.1) is 0 Å². The Labute approximate surface area is 117 Å². The van der Waals surface area contributed by atoms with Crippen LogP contribution in [0.3, 0.4) is 0 Å². The number of hydrogen-bond donors (Lipinski definition) is 2. The molecule has 2 N–H and O–H groups in total. The predicted molar refractivity (Wildman–Crippen MR) is 75.7 cm³/mol. The third-order valence-electron chi connectivity index (χ3n) is 3.33.